The van der Waals surface area contributed by atoms with Gasteiger partial charge in [-0.2, -0.15) is 0 Å². The largest absolute Gasteiger partial charge is 0.324 e. The molecule has 0 bridgehead atoms. The van der Waals surface area contributed by atoms with Gasteiger partial charge in [0.15, 0.2) is 23.3 Å². The van der Waals surface area contributed by atoms with Crippen LogP contribution in [0, 0.1) is 23.3 Å². The maximum absolute atomic E-state index is 13.3. The van der Waals surface area contributed by atoms with Crippen molar-refractivity contribution in [2.45, 2.75) is 38.6 Å². The van der Waals surface area contributed by atoms with Gasteiger partial charge in [0.2, 0.25) is 0 Å². The van der Waals surface area contributed by atoms with Gasteiger partial charge in [-0.25, -0.2) is 17.6 Å². The summed E-state index contributed by atoms with van der Waals surface area (Å²) in [5.41, 5.74) is 4.87. The van der Waals surface area contributed by atoms with E-state index < -0.39 is 34.9 Å². The van der Waals surface area contributed by atoms with Gasteiger partial charge in [-0.15, -0.1) is 0 Å². The van der Waals surface area contributed by atoms with Gasteiger partial charge in [-0.1, -0.05) is 26.2 Å². The fourth-order valence-electron chi connectivity index (χ4n) is 1.68. The number of benzene rings is 1. The van der Waals surface area contributed by atoms with Gasteiger partial charge in [0, 0.05) is 17.7 Å². The molecule has 0 spiro atoms. The summed E-state index contributed by atoms with van der Waals surface area (Å²) in [7, 11) is 0. The third kappa shape index (κ3) is 3.19. The topological polar surface area (TPSA) is 26.0 Å². The second kappa shape index (κ2) is 6.00. The summed E-state index contributed by atoms with van der Waals surface area (Å²) in [6.07, 6.45) is 2.74. The van der Waals surface area contributed by atoms with Gasteiger partial charge in [0.25, 0.3) is 0 Å². The molecule has 1 aromatic carbocycles. The van der Waals surface area contributed by atoms with Crippen molar-refractivity contribution in [1.82, 2.24) is 0 Å². The summed E-state index contributed by atoms with van der Waals surface area (Å²) in [6, 6.07) is -0.834. The summed E-state index contributed by atoms with van der Waals surface area (Å²) in [5.74, 6) is -5.62. The van der Waals surface area contributed by atoms with Crippen molar-refractivity contribution in [2.75, 3.05) is 0 Å². The van der Waals surface area contributed by atoms with Crippen molar-refractivity contribution in [1.29, 1.82) is 0 Å². The first-order valence-corrected chi connectivity index (χ1v) is 5.57. The van der Waals surface area contributed by atoms with E-state index in [2.05, 4.69) is 0 Å². The summed E-state index contributed by atoms with van der Waals surface area (Å²) in [4.78, 5) is 0. The Kier molecular flexibility index (Phi) is 4.93. The van der Waals surface area contributed by atoms with Gasteiger partial charge in [0.1, 0.15) is 0 Å². The average Bonchev–Trinajstić information content (AvgIpc) is 2.27. The molecule has 0 fully saturated rings. The van der Waals surface area contributed by atoms with Crippen LogP contribution in [-0.2, 0) is 0 Å². The number of rotatable bonds is 5. The van der Waals surface area contributed by atoms with Crippen LogP contribution in [0.5, 0.6) is 0 Å². The number of nitrogens with two attached hydrogens (primary N) is 1. The van der Waals surface area contributed by atoms with E-state index in [1.807, 2.05) is 6.92 Å². The van der Waals surface area contributed by atoms with Crippen LogP contribution in [0.15, 0.2) is 6.07 Å². The number of hydrogen-bond acceptors (Lipinski definition) is 1. The molecule has 0 amide bonds. The molecule has 0 saturated carbocycles. The molecule has 0 saturated heterocycles. The molecule has 1 aromatic rings. The van der Waals surface area contributed by atoms with Crippen molar-refractivity contribution in [2.24, 2.45) is 5.73 Å². The van der Waals surface area contributed by atoms with Crippen molar-refractivity contribution >= 4 is 0 Å². The predicted molar refractivity (Wildman–Crippen MR) is 57.3 cm³/mol. The van der Waals surface area contributed by atoms with E-state index in [1.165, 1.54) is 0 Å². The Bertz CT molecular complexity index is 366. The molecule has 96 valence electrons. The lowest BCUT2D eigenvalue weighted by Crippen LogP contribution is -2.16. The molecule has 0 aliphatic heterocycles. The molecular weight excluding hydrogens is 234 g/mol. The van der Waals surface area contributed by atoms with Crippen LogP contribution in [0.4, 0.5) is 17.6 Å². The van der Waals surface area contributed by atoms with Crippen LogP contribution in [0.3, 0.4) is 0 Å². The minimum atomic E-state index is -1.41. The normalized spacial score (nSPS) is 12.8. The number of hydrogen-bond donors (Lipinski definition) is 1. The first-order valence-electron chi connectivity index (χ1n) is 5.57. The third-order valence-electron chi connectivity index (χ3n) is 2.64. The average molecular weight is 249 g/mol. The van der Waals surface area contributed by atoms with Crippen molar-refractivity contribution in [3.8, 4) is 0 Å². The van der Waals surface area contributed by atoms with Crippen LogP contribution >= 0.6 is 0 Å². The fourth-order valence-corrected chi connectivity index (χ4v) is 1.68. The first kappa shape index (κ1) is 14.0. The Morgan fingerprint density at radius 2 is 1.59 bits per heavy atom. The molecule has 0 unspecified atom stereocenters. The number of unbranched alkanes of at least 4 members (excludes halogenated alkanes) is 2. The van der Waals surface area contributed by atoms with Gasteiger partial charge < -0.3 is 5.73 Å². The molecule has 0 radical (unpaired) electrons. The summed E-state index contributed by atoms with van der Waals surface area (Å²) < 4.78 is 52.5. The Morgan fingerprint density at radius 3 is 2.06 bits per heavy atom. The lowest BCUT2D eigenvalue weighted by atomic mass is 10.00. The molecule has 0 heterocycles. The van der Waals surface area contributed by atoms with E-state index in [0.29, 0.717) is 12.8 Å². The van der Waals surface area contributed by atoms with Crippen molar-refractivity contribution < 1.29 is 17.6 Å². The Hall–Kier alpha value is -1.10. The highest BCUT2D eigenvalue weighted by Gasteiger charge is 2.23. The molecule has 1 atom stereocenters. The quantitative estimate of drug-likeness (QED) is 0.479. The van der Waals surface area contributed by atoms with E-state index in [-0.39, 0.29) is 6.07 Å². The zero-order chi connectivity index (χ0) is 13.0. The minimum Gasteiger partial charge on any atom is -0.324 e. The highest BCUT2D eigenvalue weighted by atomic mass is 19.2. The lowest BCUT2D eigenvalue weighted by molar-refractivity contribution is 0.419. The zero-order valence-electron chi connectivity index (χ0n) is 9.57. The van der Waals surface area contributed by atoms with Gasteiger partial charge in [0.05, 0.1) is 0 Å². The minimum absolute atomic E-state index is 0.187. The SMILES string of the molecule is CCCCC[C@@H](N)c1c(F)c(F)cc(F)c1F. The van der Waals surface area contributed by atoms with E-state index in [1.54, 1.807) is 0 Å². The van der Waals surface area contributed by atoms with Crippen molar-refractivity contribution in [3.05, 3.63) is 34.9 Å². The van der Waals surface area contributed by atoms with Crippen LogP contribution in [0.1, 0.15) is 44.2 Å². The third-order valence-corrected chi connectivity index (χ3v) is 2.64. The standard InChI is InChI=1S/C12H15F4N/c1-2-3-4-5-9(17)10-11(15)7(13)6-8(14)12(10)16/h6,9H,2-5,17H2,1H3/t9-/m1/s1. The van der Waals surface area contributed by atoms with Gasteiger partial charge in [-0.3, -0.25) is 0 Å². The molecule has 0 aliphatic carbocycles. The maximum atomic E-state index is 13.3. The molecule has 0 aliphatic rings. The fraction of sp³-hybridized carbons (Fsp3) is 0.500. The second-order valence-corrected chi connectivity index (χ2v) is 3.98. The van der Waals surface area contributed by atoms with E-state index in [9.17, 15) is 17.6 Å². The molecule has 0 aromatic heterocycles. The lowest BCUT2D eigenvalue weighted by Gasteiger charge is -2.14. The summed E-state index contributed by atoms with van der Waals surface area (Å²) >= 11 is 0. The van der Waals surface area contributed by atoms with Crippen molar-refractivity contribution in [3.63, 3.8) is 0 Å². The van der Waals surface area contributed by atoms with Gasteiger partial charge in [-0.05, 0) is 6.42 Å². The predicted octanol–water partition coefficient (Wildman–Crippen LogP) is 3.82. The van der Waals surface area contributed by atoms with E-state index in [4.69, 9.17) is 5.73 Å². The van der Waals surface area contributed by atoms with Crippen LogP contribution in [0.2, 0.25) is 0 Å². The Morgan fingerprint density at radius 1 is 1.06 bits per heavy atom. The molecule has 2 N–H and O–H groups in total. The first-order chi connectivity index (χ1) is 7.99. The summed E-state index contributed by atoms with van der Waals surface area (Å²) in [6.45, 7) is 1.97. The molecule has 5 heteroatoms. The monoisotopic (exact) mass is 249 g/mol. The van der Waals surface area contributed by atoms with E-state index in [0.717, 1.165) is 12.8 Å². The number of halogens is 4. The zero-order valence-corrected chi connectivity index (χ0v) is 9.57. The highest BCUT2D eigenvalue weighted by molar-refractivity contribution is 5.25. The molecular formula is C12H15F4N. The smallest absolute Gasteiger partial charge is 0.166 e. The van der Waals surface area contributed by atoms with Crippen LogP contribution in [0.25, 0.3) is 0 Å². The highest BCUT2D eigenvalue weighted by Crippen LogP contribution is 2.26. The van der Waals surface area contributed by atoms with Crippen LogP contribution < -0.4 is 5.73 Å². The van der Waals surface area contributed by atoms with Gasteiger partial charge >= 0.3 is 0 Å². The van der Waals surface area contributed by atoms with Crippen LogP contribution in [-0.4, -0.2) is 0 Å². The Balaban J connectivity index is 2.95. The Labute approximate surface area is 97.6 Å². The molecule has 1 rings (SSSR count). The molecule has 1 nitrogen and oxygen atoms in total. The molecule has 17 heavy (non-hydrogen) atoms. The second-order valence-electron chi connectivity index (χ2n) is 3.98. The maximum Gasteiger partial charge on any atom is 0.166 e. The van der Waals surface area contributed by atoms with E-state index >= 15 is 0 Å². The summed E-state index contributed by atoms with van der Waals surface area (Å²) in [5, 5.41) is 0.